The molecule has 1 aliphatic carbocycles. The summed E-state index contributed by atoms with van der Waals surface area (Å²) in [5, 5.41) is 0. The van der Waals surface area contributed by atoms with Crippen molar-refractivity contribution in [3.05, 3.63) is 0 Å². The first-order chi connectivity index (χ1) is 9.95. The highest BCUT2D eigenvalue weighted by Gasteiger charge is 2.40. The molecule has 1 saturated heterocycles. The van der Waals surface area contributed by atoms with Crippen LogP contribution in [-0.4, -0.2) is 67.0 Å². The monoisotopic (exact) mass is 297 g/mol. The van der Waals surface area contributed by atoms with Crippen LogP contribution in [0.3, 0.4) is 0 Å². The topological polar surface area (TPSA) is 75.9 Å². The van der Waals surface area contributed by atoms with Gasteiger partial charge >= 0.3 is 0 Å². The van der Waals surface area contributed by atoms with Crippen LogP contribution in [0.2, 0.25) is 0 Å². The van der Waals surface area contributed by atoms with Crippen LogP contribution in [0.5, 0.6) is 0 Å². The summed E-state index contributed by atoms with van der Waals surface area (Å²) in [5.74, 6) is 0.0805. The lowest BCUT2D eigenvalue weighted by molar-refractivity contribution is -0.145. The Labute approximate surface area is 126 Å². The summed E-state index contributed by atoms with van der Waals surface area (Å²) >= 11 is 0. The highest BCUT2D eigenvalue weighted by Crippen LogP contribution is 2.33. The number of ether oxygens (including phenoxy) is 1. The molecule has 1 heterocycles. The van der Waals surface area contributed by atoms with Gasteiger partial charge in [-0.05, 0) is 19.8 Å². The van der Waals surface area contributed by atoms with Crippen LogP contribution < -0.4 is 5.73 Å². The quantitative estimate of drug-likeness (QED) is 0.808. The van der Waals surface area contributed by atoms with E-state index < -0.39 is 5.54 Å². The Balaban J connectivity index is 1.89. The third-order valence-corrected chi connectivity index (χ3v) is 4.76. The normalized spacial score (nSPS) is 30.3. The molecule has 1 aliphatic heterocycles. The minimum Gasteiger partial charge on any atom is -0.375 e. The van der Waals surface area contributed by atoms with Crippen LogP contribution in [0, 0.1) is 5.92 Å². The van der Waals surface area contributed by atoms with Gasteiger partial charge in [0.1, 0.15) is 6.61 Å². The lowest BCUT2D eigenvalue weighted by Crippen LogP contribution is -2.58. The second-order valence-corrected chi connectivity index (χ2v) is 6.44. The number of hydrogen-bond acceptors (Lipinski definition) is 4. The van der Waals surface area contributed by atoms with Gasteiger partial charge < -0.3 is 20.3 Å². The van der Waals surface area contributed by atoms with E-state index >= 15 is 0 Å². The van der Waals surface area contributed by atoms with Crippen molar-refractivity contribution in [1.82, 2.24) is 9.80 Å². The molecule has 6 heteroatoms. The molecule has 0 aromatic carbocycles. The minimum absolute atomic E-state index is 0.00840. The standard InChI is InChI=1S/C15H27N3O3/c1-15(16)6-4-3-5-12(15)14(20)18-9-7-17(8-10-18)13(19)11-21-2/h12H,3-11,16H2,1-2H3. The van der Waals surface area contributed by atoms with E-state index in [1.54, 1.807) is 4.90 Å². The van der Waals surface area contributed by atoms with Crippen molar-refractivity contribution in [2.24, 2.45) is 11.7 Å². The molecule has 2 fully saturated rings. The maximum atomic E-state index is 12.7. The number of methoxy groups -OCH3 is 1. The smallest absolute Gasteiger partial charge is 0.248 e. The highest BCUT2D eigenvalue weighted by molar-refractivity contribution is 5.81. The zero-order valence-electron chi connectivity index (χ0n) is 13.1. The fourth-order valence-electron chi connectivity index (χ4n) is 3.38. The van der Waals surface area contributed by atoms with Gasteiger partial charge in [0.2, 0.25) is 11.8 Å². The van der Waals surface area contributed by atoms with Crippen molar-refractivity contribution in [2.75, 3.05) is 39.9 Å². The van der Waals surface area contributed by atoms with Crippen LogP contribution >= 0.6 is 0 Å². The molecule has 1 saturated carbocycles. The lowest BCUT2D eigenvalue weighted by Gasteiger charge is -2.42. The zero-order valence-corrected chi connectivity index (χ0v) is 13.1. The van der Waals surface area contributed by atoms with Crippen molar-refractivity contribution in [2.45, 2.75) is 38.1 Å². The van der Waals surface area contributed by atoms with Crippen LogP contribution in [0.4, 0.5) is 0 Å². The molecule has 2 rings (SSSR count). The molecule has 6 nitrogen and oxygen atoms in total. The minimum atomic E-state index is -0.391. The second kappa shape index (κ2) is 6.75. The summed E-state index contributed by atoms with van der Waals surface area (Å²) in [5.41, 5.74) is 5.93. The fourth-order valence-corrected chi connectivity index (χ4v) is 3.38. The molecule has 2 N–H and O–H groups in total. The number of rotatable bonds is 3. The number of carbonyl (C=O) groups is 2. The fraction of sp³-hybridized carbons (Fsp3) is 0.867. The largest absolute Gasteiger partial charge is 0.375 e. The van der Waals surface area contributed by atoms with E-state index in [1.807, 2.05) is 11.8 Å². The number of nitrogens with two attached hydrogens (primary N) is 1. The van der Waals surface area contributed by atoms with Crippen LogP contribution in [0.15, 0.2) is 0 Å². The van der Waals surface area contributed by atoms with E-state index in [1.165, 1.54) is 7.11 Å². The summed E-state index contributed by atoms with van der Waals surface area (Å²) in [6, 6.07) is 0. The van der Waals surface area contributed by atoms with E-state index in [2.05, 4.69) is 0 Å². The Morgan fingerprint density at radius 2 is 1.81 bits per heavy atom. The molecule has 0 radical (unpaired) electrons. The average molecular weight is 297 g/mol. The molecule has 120 valence electrons. The maximum Gasteiger partial charge on any atom is 0.248 e. The molecular weight excluding hydrogens is 270 g/mol. The van der Waals surface area contributed by atoms with Gasteiger partial charge in [0, 0.05) is 38.8 Å². The van der Waals surface area contributed by atoms with Crippen molar-refractivity contribution >= 4 is 11.8 Å². The van der Waals surface area contributed by atoms with Gasteiger partial charge in [-0.25, -0.2) is 0 Å². The Hall–Kier alpha value is -1.14. The molecular formula is C15H27N3O3. The predicted molar refractivity (Wildman–Crippen MR) is 79.6 cm³/mol. The Bertz CT molecular complexity index is 390. The molecule has 0 spiro atoms. The lowest BCUT2D eigenvalue weighted by atomic mass is 9.74. The summed E-state index contributed by atoms with van der Waals surface area (Å²) in [6.07, 6.45) is 3.98. The van der Waals surface area contributed by atoms with Crippen molar-refractivity contribution in [3.8, 4) is 0 Å². The first-order valence-electron chi connectivity index (χ1n) is 7.80. The maximum absolute atomic E-state index is 12.7. The van der Waals surface area contributed by atoms with Crippen LogP contribution in [-0.2, 0) is 14.3 Å². The van der Waals surface area contributed by atoms with Crippen LogP contribution in [0.1, 0.15) is 32.6 Å². The number of carbonyl (C=O) groups excluding carboxylic acids is 2. The molecule has 0 bridgehead atoms. The third-order valence-electron chi connectivity index (χ3n) is 4.76. The van der Waals surface area contributed by atoms with Gasteiger partial charge in [-0.3, -0.25) is 9.59 Å². The molecule has 0 aromatic rings. The molecule has 2 unspecified atom stereocenters. The summed E-state index contributed by atoms with van der Waals surface area (Å²) in [6.45, 7) is 4.47. The van der Waals surface area contributed by atoms with Crippen LogP contribution in [0.25, 0.3) is 0 Å². The molecule has 21 heavy (non-hydrogen) atoms. The van der Waals surface area contributed by atoms with E-state index in [9.17, 15) is 9.59 Å². The van der Waals surface area contributed by atoms with Gasteiger partial charge in [0.15, 0.2) is 0 Å². The van der Waals surface area contributed by atoms with Crippen molar-refractivity contribution < 1.29 is 14.3 Å². The van der Waals surface area contributed by atoms with Crippen molar-refractivity contribution in [3.63, 3.8) is 0 Å². The summed E-state index contributed by atoms with van der Waals surface area (Å²) in [4.78, 5) is 28.1. The predicted octanol–water partition coefficient (Wildman–Crippen LogP) is 0.211. The molecule has 2 aliphatic rings. The van der Waals surface area contributed by atoms with Gasteiger partial charge in [-0.2, -0.15) is 0 Å². The number of nitrogens with zero attached hydrogens (tertiary/aromatic N) is 2. The average Bonchev–Trinajstić information content (AvgIpc) is 2.46. The Morgan fingerprint density at radius 1 is 1.19 bits per heavy atom. The number of hydrogen-bond donors (Lipinski definition) is 1. The first-order valence-corrected chi connectivity index (χ1v) is 7.80. The molecule has 2 amide bonds. The SMILES string of the molecule is COCC(=O)N1CCN(C(=O)C2CCCCC2(C)N)CC1. The van der Waals surface area contributed by atoms with E-state index in [0.29, 0.717) is 26.2 Å². The summed E-state index contributed by atoms with van der Waals surface area (Å²) in [7, 11) is 1.52. The number of amides is 2. The molecule has 0 aromatic heterocycles. The van der Waals surface area contributed by atoms with Gasteiger partial charge in [0.05, 0.1) is 5.92 Å². The summed E-state index contributed by atoms with van der Waals surface area (Å²) < 4.78 is 4.87. The zero-order chi connectivity index (χ0) is 15.5. The van der Waals surface area contributed by atoms with Gasteiger partial charge in [-0.15, -0.1) is 0 Å². The Kier molecular flexibility index (Phi) is 5.22. The van der Waals surface area contributed by atoms with Gasteiger partial charge in [-0.1, -0.05) is 12.8 Å². The van der Waals surface area contributed by atoms with E-state index in [0.717, 1.165) is 25.7 Å². The molecule has 2 atom stereocenters. The second-order valence-electron chi connectivity index (χ2n) is 6.44. The van der Waals surface area contributed by atoms with Crippen molar-refractivity contribution in [1.29, 1.82) is 0 Å². The Morgan fingerprint density at radius 3 is 2.38 bits per heavy atom. The number of piperazine rings is 1. The van der Waals surface area contributed by atoms with Gasteiger partial charge in [0.25, 0.3) is 0 Å². The van der Waals surface area contributed by atoms with E-state index in [-0.39, 0.29) is 24.3 Å². The first kappa shape index (κ1) is 16.2. The highest BCUT2D eigenvalue weighted by atomic mass is 16.5. The van der Waals surface area contributed by atoms with E-state index in [4.69, 9.17) is 10.5 Å². The third kappa shape index (κ3) is 3.74.